The second kappa shape index (κ2) is 5.85. The third-order valence-corrected chi connectivity index (χ3v) is 4.47. The van der Waals surface area contributed by atoms with Gasteiger partial charge in [0.15, 0.2) is 0 Å². The summed E-state index contributed by atoms with van der Waals surface area (Å²) >= 11 is 1.81. The average Bonchev–Trinajstić information content (AvgIpc) is 2.46. The number of hydrogen-bond acceptors (Lipinski definition) is 4. The number of anilines is 2. The Morgan fingerprint density at radius 2 is 1.90 bits per heavy atom. The summed E-state index contributed by atoms with van der Waals surface area (Å²) in [6.45, 7) is 2.09. The normalized spacial score (nSPS) is 13.2. The van der Waals surface area contributed by atoms with Crippen LogP contribution in [0.5, 0.6) is 0 Å². The summed E-state index contributed by atoms with van der Waals surface area (Å²) in [4.78, 5) is 11.7. The van der Waals surface area contributed by atoms with Gasteiger partial charge in [-0.05, 0) is 51.3 Å². The molecule has 4 heteroatoms. The van der Waals surface area contributed by atoms with E-state index in [2.05, 4.69) is 59.2 Å². The van der Waals surface area contributed by atoms with Gasteiger partial charge in [-0.3, -0.25) is 0 Å². The topological polar surface area (TPSA) is 19.4 Å². The lowest BCUT2D eigenvalue weighted by molar-refractivity contribution is 0.402. The van der Waals surface area contributed by atoms with E-state index in [0.717, 1.165) is 25.3 Å². The van der Waals surface area contributed by atoms with Gasteiger partial charge in [0.2, 0.25) is 0 Å². The molecule has 3 nitrogen and oxygen atoms in total. The van der Waals surface area contributed by atoms with Gasteiger partial charge in [0, 0.05) is 17.6 Å². The first kappa shape index (κ1) is 13.5. The van der Waals surface area contributed by atoms with Crippen LogP contribution in [0.1, 0.15) is 6.42 Å². The van der Waals surface area contributed by atoms with Gasteiger partial charge < -0.3 is 9.80 Å². The molecule has 0 N–H and O–H groups in total. The molecular formula is C16H19N3S. The highest BCUT2D eigenvalue weighted by atomic mass is 32.2. The standard InChI is InChI=1S/C16H19N3S/c1-18(2)11-6-12-19-13-7-3-4-8-14(13)20-15-9-5-10-17-16(15)19/h3-5,7-10H,6,11-12H2,1-2H3. The molecule has 0 saturated heterocycles. The summed E-state index contributed by atoms with van der Waals surface area (Å²) in [5.74, 6) is 1.09. The van der Waals surface area contributed by atoms with Crippen molar-refractivity contribution in [2.24, 2.45) is 0 Å². The van der Waals surface area contributed by atoms with Gasteiger partial charge in [-0.1, -0.05) is 23.9 Å². The predicted molar refractivity (Wildman–Crippen MR) is 85.0 cm³/mol. The first-order valence-corrected chi connectivity index (χ1v) is 7.71. The Morgan fingerprint density at radius 3 is 2.75 bits per heavy atom. The van der Waals surface area contributed by atoms with Gasteiger partial charge in [-0.15, -0.1) is 0 Å². The first-order chi connectivity index (χ1) is 9.75. The maximum atomic E-state index is 4.59. The molecular weight excluding hydrogens is 266 g/mol. The van der Waals surface area contributed by atoms with Gasteiger partial charge in [0.1, 0.15) is 5.82 Å². The highest BCUT2D eigenvalue weighted by Crippen LogP contribution is 2.46. The molecule has 0 saturated carbocycles. The largest absolute Gasteiger partial charge is 0.324 e. The number of fused-ring (bicyclic) bond motifs is 2. The second-order valence-corrected chi connectivity index (χ2v) is 6.29. The van der Waals surface area contributed by atoms with Gasteiger partial charge in [0.25, 0.3) is 0 Å². The molecule has 1 aromatic carbocycles. The lowest BCUT2D eigenvalue weighted by Gasteiger charge is -2.31. The quantitative estimate of drug-likeness (QED) is 0.854. The predicted octanol–water partition coefficient (Wildman–Crippen LogP) is 3.64. The van der Waals surface area contributed by atoms with Gasteiger partial charge in [0.05, 0.1) is 10.6 Å². The molecule has 1 aliphatic heterocycles. The molecule has 1 aliphatic rings. The highest BCUT2D eigenvalue weighted by Gasteiger charge is 2.23. The molecule has 2 aromatic rings. The highest BCUT2D eigenvalue weighted by molar-refractivity contribution is 7.99. The van der Waals surface area contributed by atoms with Crippen LogP contribution in [-0.4, -0.2) is 37.1 Å². The molecule has 0 amide bonds. The van der Waals surface area contributed by atoms with E-state index in [1.54, 1.807) is 0 Å². The number of nitrogens with zero attached hydrogens (tertiary/aromatic N) is 3. The molecule has 104 valence electrons. The van der Waals surface area contributed by atoms with Crippen LogP contribution in [-0.2, 0) is 0 Å². The van der Waals surface area contributed by atoms with Crippen molar-refractivity contribution >= 4 is 23.3 Å². The summed E-state index contributed by atoms with van der Waals surface area (Å²) in [5.41, 5.74) is 1.28. The fraction of sp³-hybridized carbons (Fsp3) is 0.312. The van der Waals surface area contributed by atoms with Crippen LogP contribution < -0.4 is 4.90 Å². The summed E-state index contributed by atoms with van der Waals surface area (Å²) in [6, 6.07) is 12.8. The Morgan fingerprint density at radius 1 is 1.10 bits per heavy atom. The van der Waals surface area contributed by atoms with Crippen molar-refractivity contribution in [1.82, 2.24) is 9.88 Å². The summed E-state index contributed by atoms with van der Waals surface area (Å²) in [6.07, 6.45) is 3.01. The third-order valence-electron chi connectivity index (χ3n) is 3.37. The van der Waals surface area contributed by atoms with Crippen LogP contribution in [0.25, 0.3) is 0 Å². The van der Waals surface area contributed by atoms with Crippen LogP contribution in [0.4, 0.5) is 11.5 Å². The van der Waals surface area contributed by atoms with Crippen LogP contribution in [0, 0.1) is 0 Å². The SMILES string of the molecule is CN(C)CCCN1c2ccccc2Sc2cccnc21. The van der Waals surface area contributed by atoms with E-state index in [4.69, 9.17) is 0 Å². The van der Waals surface area contributed by atoms with E-state index in [9.17, 15) is 0 Å². The summed E-state index contributed by atoms with van der Waals surface area (Å²) in [5, 5.41) is 0. The minimum absolute atomic E-state index is 1.000. The zero-order valence-electron chi connectivity index (χ0n) is 11.9. The molecule has 0 aliphatic carbocycles. The van der Waals surface area contributed by atoms with Crippen LogP contribution >= 0.6 is 11.8 Å². The fourth-order valence-electron chi connectivity index (χ4n) is 2.44. The van der Waals surface area contributed by atoms with E-state index in [1.165, 1.54) is 15.5 Å². The Hall–Kier alpha value is -1.52. The number of aromatic nitrogens is 1. The van der Waals surface area contributed by atoms with Gasteiger partial charge in [-0.2, -0.15) is 0 Å². The zero-order chi connectivity index (χ0) is 13.9. The molecule has 0 fully saturated rings. The Balaban J connectivity index is 1.91. The lowest BCUT2D eigenvalue weighted by atomic mass is 10.2. The lowest BCUT2D eigenvalue weighted by Crippen LogP contribution is -2.26. The van der Waals surface area contributed by atoms with Gasteiger partial charge >= 0.3 is 0 Å². The first-order valence-electron chi connectivity index (χ1n) is 6.90. The van der Waals surface area contributed by atoms with Crippen LogP contribution in [0.2, 0.25) is 0 Å². The molecule has 1 aromatic heterocycles. The summed E-state index contributed by atoms with van der Waals surface area (Å²) in [7, 11) is 4.23. The Bertz CT molecular complexity index is 552. The van der Waals surface area contributed by atoms with Crippen molar-refractivity contribution in [3.63, 3.8) is 0 Å². The minimum atomic E-state index is 1.000. The summed E-state index contributed by atoms with van der Waals surface area (Å²) < 4.78 is 0. The zero-order valence-corrected chi connectivity index (χ0v) is 12.7. The Labute approximate surface area is 124 Å². The van der Waals surface area contributed by atoms with Crippen LogP contribution in [0.15, 0.2) is 52.4 Å². The van der Waals surface area contributed by atoms with Crippen molar-refractivity contribution in [2.75, 3.05) is 32.1 Å². The molecule has 3 rings (SSSR count). The minimum Gasteiger partial charge on any atom is -0.324 e. The molecule has 2 heterocycles. The molecule has 0 bridgehead atoms. The number of benzene rings is 1. The van der Waals surface area contributed by atoms with E-state index < -0.39 is 0 Å². The van der Waals surface area contributed by atoms with Crippen molar-refractivity contribution < 1.29 is 0 Å². The molecule has 20 heavy (non-hydrogen) atoms. The van der Waals surface area contributed by atoms with Gasteiger partial charge in [-0.25, -0.2) is 4.98 Å². The van der Waals surface area contributed by atoms with E-state index in [-0.39, 0.29) is 0 Å². The third kappa shape index (κ3) is 2.67. The molecule has 0 unspecified atom stereocenters. The number of para-hydroxylation sites is 1. The second-order valence-electron chi connectivity index (χ2n) is 5.20. The average molecular weight is 285 g/mol. The van der Waals surface area contributed by atoms with Crippen LogP contribution in [0.3, 0.4) is 0 Å². The van der Waals surface area contributed by atoms with Crippen molar-refractivity contribution in [3.05, 3.63) is 42.6 Å². The monoisotopic (exact) mass is 285 g/mol. The number of rotatable bonds is 4. The Kier molecular flexibility index (Phi) is 3.94. The smallest absolute Gasteiger partial charge is 0.147 e. The fourth-order valence-corrected chi connectivity index (χ4v) is 3.50. The van der Waals surface area contributed by atoms with E-state index in [0.29, 0.717) is 0 Å². The number of hydrogen-bond donors (Lipinski definition) is 0. The van der Waals surface area contributed by atoms with E-state index >= 15 is 0 Å². The van der Waals surface area contributed by atoms with Crippen molar-refractivity contribution in [1.29, 1.82) is 0 Å². The molecule has 0 spiro atoms. The molecule has 0 atom stereocenters. The number of pyridine rings is 1. The van der Waals surface area contributed by atoms with E-state index in [1.807, 2.05) is 24.0 Å². The van der Waals surface area contributed by atoms with Crippen molar-refractivity contribution in [2.45, 2.75) is 16.2 Å². The maximum Gasteiger partial charge on any atom is 0.147 e. The molecule has 0 radical (unpaired) electrons. The maximum absolute atomic E-state index is 4.59. The van der Waals surface area contributed by atoms with Crippen molar-refractivity contribution in [3.8, 4) is 0 Å².